The summed E-state index contributed by atoms with van der Waals surface area (Å²) in [5.41, 5.74) is 8.79. The predicted molar refractivity (Wildman–Crippen MR) is 72.2 cm³/mol. The van der Waals surface area contributed by atoms with E-state index in [1.54, 1.807) is 0 Å². The van der Waals surface area contributed by atoms with Crippen molar-refractivity contribution in [3.05, 3.63) is 28.8 Å². The van der Waals surface area contributed by atoms with Crippen molar-refractivity contribution in [2.45, 2.75) is 45.6 Å². The first kappa shape index (κ1) is 13.1. The number of hydrogen-bond donors (Lipinski definition) is 1. The van der Waals surface area contributed by atoms with E-state index in [0.29, 0.717) is 13.0 Å². The third-order valence-corrected chi connectivity index (χ3v) is 3.34. The Labute approximate surface area is 108 Å². The van der Waals surface area contributed by atoms with E-state index in [1.807, 2.05) is 19.9 Å². The molecule has 2 N–H and O–H groups in total. The molecule has 1 atom stereocenters. The second-order valence-electron chi connectivity index (χ2n) is 5.18. The van der Waals surface area contributed by atoms with Gasteiger partial charge < -0.3 is 10.5 Å². The van der Waals surface area contributed by atoms with Crippen molar-refractivity contribution in [3.8, 4) is 5.75 Å². The van der Waals surface area contributed by atoms with Crippen LogP contribution in [-0.2, 0) is 6.42 Å². The lowest BCUT2D eigenvalue weighted by Gasteiger charge is -2.19. The molecule has 1 aromatic rings. The fraction of sp³-hybridized carbons (Fsp3) is 0.533. The van der Waals surface area contributed by atoms with E-state index < -0.39 is 0 Å². The van der Waals surface area contributed by atoms with Gasteiger partial charge in [0, 0.05) is 12.5 Å². The lowest BCUT2D eigenvalue weighted by molar-refractivity contribution is 0.0932. The molecule has 1 aliphatic rings. The predicted octanol–water partition coefficient (Wildman–Crippen LogP) is 2.63. The first-order valence-electron chi connectivity index (χ1n) is 6.63. The molecule has 0 spiro atoms. The third kappa shape index (κ3) is 2.91. The van der Waals surface area contributed by atoms with E-state index in [1.165, 1.54) is 5.56 Å². The topological polar surface area (TPSA) is 52.3 Å². The SMILES string of the molecule is Cc1cc(CCCC(C)N)cc2c1OCCC2=O. The Bertz CT molecular complexity index is 452. The van der Waals surface area contributed by atoms with E-state index in [9.17, 15) is 4.79 Å². The summed E-state index contributed by atoms with van der Waals surface area (Å²) < 4.78 is 5.58. The van der Waals surface area contributed by atoms with Crippen LogP contribution in [0.3, 0.4) is 0 Å². The summed E-state index contributed by atoms with van der Waals surface area (Å²) in [6, 6.07) is 4.36. The van der Waals surface area contributed by atoms with Crippen molar-refractivity contribution < 1.29 is 9.53 Å². The molecule has 0 amide bonds. The fourth-order valence-electron chi connectivity index (χ4n) is 2.40. The summed E-state index contributed by atoms with van der Waals surface area (Å²) in [5, 5.41) is 0. The van der Waals surface area contributed by atoms with Gasteiger partial charge in [0.15, 0.2) is 5.78 Å². The number of hydrogen-bond acceptors (Lipinski definition) is 3. The molecule has 1 unspecified atom stereocenters. The minimum absolute atomic E-state index is 0.202. The van der Waals surface area contributed by atoms with Crippen LogP contribution in [0.15, 0.2) is 12.1 Å². The van der Waals surface area contributed by atoms with Crippen LogP contribution in [0.4, 0.5) is 0 Å². The van der Waals surface area contributed by atoms with Gasteiger partial charge in [-0.1, -0.05) is 6.07 Å². The Morgan fingerprint density at radius 1 is 1.44 bits per heavy atom. The number of aryl methyl sites for hydroxylation is 2. The van der Waals surface area contributed by atoms with E-state index in [2.05, 4.69) is 6.07 Å². The number of nitrogens with two attached hydrogens (primary N) is 1. The van der Waals surface area contributed by atoms with Crippen LogP contribution in [0.1, 0.15) is 47.7 Å². The molecule has 0 saturated heterocycles. The van der Waals surface area contributed by atoms with Crippen molar-refractivity contribution in [2.75, 3.05) is 6.61 Å². The molecule has 0 saturated carbocycles. The number of Topliss-reactive ketones (excluding diaryl/α,β-unsaturated/α-hetero) is 1. The van der Waals surface area contributed by atoms with Gasteiger partial charge in [-0.3, -0.25) is 4.79 Å². The minimum Gasteiger partial charge on any atom is -0.492 e. The lowest BCUT2D eigenvalue weighted by atomic mass is 9.96. The maximum absolute atomic E-state index is 11.9. The maximum Gasteiger partial charge on any atom is 0.170 e. The number of ether oxygens (including phenoxy) is 1. The highest BCUT2D eigenvalue weighted by Crippen LogP contribution is 2.30. The zero-order chi connectivity index (χ0) is 13.1. The molecule has 0 fully saturated rings. The Hall–Kier alpha value is -1.35. The number of fused-ring (bicyclic) bond motifs is 1. The minimum atomic E-state index is 0.202. The summed E-state index contributed by atoms with van der Waals surface area (Å²) in [4.78, 5) is 11.9. The van der Waals surface area contributed by atoms with Crippen molar-refractivity contribution in [2.24, 2.45) is 5.73 Å². The fourth-order valence-corrected chi connectivity index (χ4v) is 2.40. The zero-order valence-electron chi connectivity index (χ0n) is 11.2. The number of carbonyl (C=O) groups excluding carboxylic acids is 1. The highest BCUT2D eigenvalue weighted by atomic mass is 16.5. The molecule has 2 rings (SSSR count). The summed E-state index contributed by atoms with van der Waals surface area (Å²) in [6.07, 6.45) is 3.55. The largest absolute Gasteiger partial charge is 0.492 e. The van der Waals surface area contributed by atoms with Crippen molar-refractivity contribution in [3.63, 3.8) is 0 Å². The highest BCUT2D eigenvalue weighted by Gasteiger charge is 2.20. The Kier molecular flexibility index (Phi) is 4.02. The van der Waals surface area contributed by atoms with Gasteiger partial charge in [-0.25, -0.2) is 0 Å². The van der Waals surface area contributed by atoms with E-state index in [0.717, 1.165) is 36.1 Å². The number of ketones is 1. The van der Waals surface area contributed by atoms with Gasteiger partial charge in [0.2, 0.25) is 0 Å². The molecule has 0 radical (unpaired) electrons. The second-order valence-corrected chi connectivity index (χ2v) is 5.18. The first-order chi connectivity index (χ1) is 8.58. The lowest BCUT2D eigenvalue weighted by Crippen LogP contribution is -2.17. The number of carbonyl (C=O) groups is 1. The summed E-state index contributed by atoms with van der Waals surface area (Å²) in [5.74, 6) is 0.982. The summed E-state index contributed by atoms with van der Waals surface area (Å²) in [6.45, 7) is 4.54. The molecule has 0 aromatic heterocycles. The van der Waals surface area contributed by atoms with Crippen LogP contribution in [0, 0.1) is 6.92 Å². The quantitative estimate of drug-likeness (QED) is 0.889. The molecule has 1 aliphatic heterocycles. The number of rotatable bonds is 4. The van der Waals surface area contributed by atoms with Gasteiger partial charge in [0.1, 0.15) is 5.75 Å². The molecule has 3 heteroatoms. The monoisotopic (exact) mass is 247 g/mol. The molecule has 0 bridgehead atoms. The zero-order valence-corrected chi connectivity index (χ0v) is 11.2. The Morgan fingerprint density at radius 3 is 2.94 bits per heavy atom. The first-order valence-corrected chi connectivity index (χ1v) is 6.63. The van der Waals surface area contributed by atoms with Crippen LogP contribution in [-0.4, -0.2) is 18.4 Å². The molecule has 1 aromatic carbocycles. The van der Waals surface area contributed by atoms with Gasteiger partial charge in [0.05, 0.1) is 12.2 Å². The third-order valence-electron chi connectivity index (χ3n) is 3.34. The van der Waals surface area contributed by atoms with Crippen molar-refractivity contribution in [1.29, 1.82) is 0 Å². The normalized spacial score (nSPS) is 16.1. The van der Waals surface area contributed by atoms with Gasteiger partial charge in [0.25, 0.3) is 0 Å². The molecular formula is C15H21NO2. The molecule has 98 valence electrons. The average Bonchev–Trinajstić information content (AvgIpc) is 2.30. The summed E-state index contributed by atoms with van der Waals surface area (Å²) in [7, 11) is 0. The van der Waals surface area contributed by atoms with Crippen LogP contribution in [0.5, 0.6) is 5.75 Å². The van der Waals surface area contributed by atoms with E-state index >= 15 is 0 Å². The Balaban J connectivity index is 2.16. The van der Waals surface area contributed by atoms with Gasteiger partial charge in [-0.05, 0) is 50.3 Å². The Morgan fingerprint density at radius 2 is 2.22 bits per heavy atom. The maximum atomic E-state index is 11.9. The van der Waals surface area contributed by atoms with E-state index in [4.69, 9.17) is 10.5 Å². The van der Waals surface area contributed by atoms with E-state index in [-0.39, 0.29) is 11.8 Å². The van der Waals surface area contributed by atoms with Crippen LogP contribution in [0.25, 0.3) is 0 Å². The van der Waals surface area contributed by atoms with Gasteiger partial charge in [-0.2, -0.15) is 0 Å². The molecule has 0 aliphatic carbocycles. The second kappa shape index (κ2) is 5.53. The molecule has 18 heavy (non-hydrogen) atoms. The molecule has 3 nitrogen and oxygen atoms in total. The van der Waals surface area contributed by atoms with Crippen molar-refractivity contribution in [1.82, 2.24) is 0 Å². The van der Waals surface area contributed by atoms with Crippen LogP contribution < -0.4 is 10.5 Å². The van der Waals surface area contributed by atoms with Gasteiger partial charge in [-0.15, -0.1) is 0 Å². The number of benzene rings is 1. The average molecular weight is 247 g/mol. The standard InChI is InChI=1S/C15H21NO2/c1-10-8-12(5-3-4-11(2)16)9-13-14(17)6-7-18-15(10)13/h8-9,11H,3-7,16H2,1-2H3. The van der Waals surface area contributed by atoms with Crippen molar-refractivity contribution >= 4 is 5.78 Å². The highest BCUT2D eigenvalue weighted by molar-refractivity contribution is 6.00. The van der Waals surface area contributed by atoms with Gasteiger partial charge >= 0.3 is 0 Å². The van der Waals surface area contributed by atoms with Crippen LogP contribution >= 0.6 is 0 Å². The van der Waals surface area contributed by atoms with Crippen LogP contribution in [0.2, 0.25) is 0 Å². The smallest absolute Gasteiger partial charge is 0.170 e. The molecule has 1 heterocycles. The molecular weight excluding hydrogens is 226 g/mol. The summed E-state index contributed by atoms with van der Waals surface area (Å²) >= 11 is 0.